The maximum atomic E-state index is 6.18. The molecule has 0 saturated carbocycles. The molecule has 14 rings (SSSR count). The Kier molecular flexibility index (Phi) is 7.51. The zero-order valence-corrected chi connectivity index (χ0v) is 35.4. The lowest BCUT2D eigenvalue weighted by Gasteiger charge is -2.32. The van der Waals surface area contributed by atoms with Crippen molar-refractivity contribution < 1.29 is 4.42 Å². The van der Waals surface area contributed by atoms with Crippen LogP contribution < -0.4 is 4.90 Å². The Morgan fingerprint density at radius 3 is 1.55 bits per heavy atom. The van der Waals surface area contributed by atoms with Gasteiger partial charge in [0, 0.05) is 48.0 Å². The maximum absolute atomic E-state index is 6.18. The van der Waals surface area contributed by atoms with Crippen LogP contribution in [-0.2, 0) is 5.41 Å². The topological polar surface area (TPSA) is 16.4 Å². The quantitative estimate of drug-likeness (QED) is 0.172. The number of benzene rings is 10. The van der Waals surface area contributed by atoms with E-state index in [1.165, 1.54) is 75.8 Å². The van der Waals surface area contributed by atoms with Crippen molar-refractivity contribution in [1.82, 2.24) is 0 Å². The van der Waals surface area contributed by atoms with Crippen molar-refractivity contribution in [2.75, 3.05) is 4.90 Å². The van der Waals surface area contributed by atoms with E-state index in [4.69, 9.17) is 4.42 Å². The summed E-state index contributed by atoms with van der Waals surface area (Å²) in [6.07, 6.45) is 0. The molecule has 2 heterocycles. The van der Waals surface area contributed by atoms with Crippen molar-refractivity contribution >= 4 is 70.5 Å². The summed E-state index contributed by atoms with van der Waals surface area (Å²) in [5.74, 6) is 0. The Morgan fingerprint density at radius 1 is 0.328 bits per heavy atom. The van der Waals surface area contributed by atoms with E-state index in [2.05, 4.69) is 217 Å². The van der Waals surface area contributed by atoms with Crippen molar-refractivity contribution in [3.05, 3.63) is 247 Å². The van der Waals surface area contributed by atoms with Gasteiger partial charge in [0.05, 0.1) is 5.41 Å². The summed E-state index contributed by atoms with van der Waals surface area (Å²) in [6.45, 7) is 0. The normalized spacial score (nSPS) is 13.1. The molecule has 2 nitrogen and oxygen atoms in total. The van der Waals surface area contributed by atoms with Crippen molar-refractivity contribution in [2.24, 2.45) is 0 Å². The van der Waals surface area contributed by atoms with Gasteiger partial charge in [-0.25, -0.2) is 0 Å². The minimum Gasteiger partial charge on any atom is -0.456 e. The molecule has 0 N–H and O–H groups in total. The van der Waals surface area contributed by atoms with Gasteiger partial charge in [-0.1, -0.05) is 164 Å². The zero-order chi connectivity index (χ0) is 41.9. The van der Waals surface area contributed by atoms with E-state index in [-0.39, 0.29) is 0 Å². The van der Waals surface area contributed by atoms with Gasteiger partial charge < -0.3 is 9.32 Å². The van der Waals surface area contributed by atoms with E-state index in [1.807, 2.05) is 23.5 Å². The van der Waals surface area contributed by atoms with Crippen LogP contribution in [0.15, 0.2) is 229 Å². The molecule has 10 aromatic carbocycles. The number of anilines is 3. The Balaban J connectivity index is 0.943. The SMILES string of the molecule is c1ccc2c(c1)-c1ccccc1C21c2ccccc2-c2ccc(N(c3ccc(-c4ccc5oc6ccccc6c5c4)cc3)c3ccc(-c4cccc5c4sc4ccccc45)cc3)cc21. The Hall–Kier alpha value is -7.98. The lowest BCUT2D eigenvalue weighted by molar-refractivity contribution is 0.669. The first-order valence-corrected chi connectivity index (χ1v) is 22.8. The highest BCUT2D eigenvalue weighted by Crippen LogP contribution is 2.63. The molecule has 64 heavy (non-hydrogen) atoms. The number of para-hydroxylation sites is 1. The Bertz CT molecular complexity index is 3790. The first kappa shape index (κ1) is 35.6. The molecule has 0 atom stereocenters. The average molecular weight is 832 g/mol. The molecule has 0 radical (unpaired) electrons. The van der Waals surface area contributed by atoms with Crippen molar-refractivity contribution in [3.63, 3.8) is 0 Å². The third kappa shape index (κ3) is 4.96. The lowest BCUT2D eigenvalue weighted by atomic mass is 9.70. The summed E-state index contributed by atoms with van der Waals surface area (Å²) >= 11 is 1.88. The number of rotatable bonds is 5. The Morgan fingerprint density at radius 2 is 0.844 bits per heavy atom. The summed E-state index contributed by atoms with van der Waals surface area (Å²) in [5.41, 5.74) is 20.0. The fraction of sp³-hybridized carbons (Fsp3) is 0.0164. The molecule has 2 aromatic heterocycles. The average Bonchev–Trinajstić information content (AvgIpc) is 4.10. The second kappa shape index (κ2) is 13.5. The van der Waals surface area contributed by atoms with Crippen LogP contribution in [0.25, 0.3) is 86.6 Å². The number of thiophene rings is 1. The van der Waals surface area contributed by atoms with Gasteiger partial charge in [-0.3, -0.25) is 0 Å². The van der Waals surface area contributed by atoms with Crippen LogP contribution in [0.1, 0.15) is 22.3 Å². The first-order chi connectivity index (χ1) is 31.7. The van der Waals surface area contributed by atoms with Crippen molar-refractivity contribution in [1.29, 1.82) is 0 Å². The Labute approximate surface area is 374 Å². The second-order valence-electron chi connectivity index (χ2n) is 17.1. The molecular formula is C61H37NOS. The molecule has 3 heteroatoms. The zero-order valence-electron chi connectivity index (χ0n) is 34.6. The smallest absolute Gasteiger partial charge is 0.135 e. The minimum atomic E-state index is -0.437. The number of hydrogen-bond acceptors (Lipinski definition) is 3. The highest BCUT2D eigenvalue weighted by molar-refractivity contribution is 7.26. The van der Waals surface area contributed by atoms with E-state index < -0.39 is 5.41 Å². The van der Waals surface area contributed by atoms with Crippen LogP contribution >= 0.6 is 11.3 Å². The summed E-state index contributed by atoms with van der Waals surface area (Å²) in [6, 6.07) is 82.8. The van der Waals surface area contributed by atoms with Gasteiger partial charge in [0.2, 0.25) is 0 Å². The molecule has 298 valence electrons. The maximum Gasteiger partial charge on any atom is 0.135 e. The fourth-order valence-electron chi connectivity index (χ4n) is 11.1. The fourth-order valence-corrected chi connectivity index (χ4v) is 12.4. The third-order valence-electron chi connectivity index (χ3n) is 13.9. The molecule has 2 aliphatic carbocycles. The molecular weight excluding hydrogens is 795 g/mol. The highest BCUT2D eigenvalue weighted by Gasteiger charge is 2.51. The van der Waals surface area contributed by atoms with Gasteiger partial charge in [0.25, 0.3) is 0 Å². The molecule has 12 aromatic rings. The van der Waals surface area contributed by atoms with Gasteiger partial charge in [-0.15, -0.1) is 11.3 Å². The summed E-state index contributed by atoms with van der Waals surface area (Å²) < 4.78 is 8.83. The number of furan rings is 1. The lowest BCUT2D eigenvalue weighted by Crippen LogP contribution is -2.26. The van der Waals surface area contributed by atoms with E-state index in [0.29, 0.717) is 0 Å². The van der Waals surface area contributed by atoms with Gasteiger partial charge >= 0.3 is 0 Å². The molecule has 0 bridgehead atoms. The molecule has 0 saturated heterocycles. The van der Waals surface area contributed by atoms with Crippen LogP contribution in [0.2, 0.25) is 0 Å². The minimum absolute atomic E-state index is 0.437. The van der Waals surface area contributed by atoms with E-state index in [1.54, 1.807) is 0 Å². The first-order valence-electron chi connectivity index (χ1n) is 22.0. The molecule has 0 fully saturated rings. The summed E-state index contributed by atoms with van der Waals surface area (Å²) in [5, 5.41) is 4.90. The standard InChI is InChI=1S/C61H37NOS/c1-6-19-53-45(12-1)46-13-2-7-20-54(46)61(53)55-21-8-3-14-47(55)48-34-33-43(37-56(48)61)62(41-29-24-38(25-30-41)40-28-35-58-52(36-40)49-15-4-9-22-57(49)63-58)42-31-26-39(27-32-42)44-17-11-18-51-50-16-5-10-23-59(50)64-60(44)51/h1-37H. The second-order valence-corrected chi connectivity index (χ2v) is 18.2. The predicted molar refractivity (Wildman–Crippen MR) is 268 cm³/mol. The third-order valence-corrected chi connectivity index (χ3v) is 15.1. The van der Waals surface area contributed by atoms with Crippen LogP contribution in [0.4, 0.5) is 17.1 Å². The molecule has 0 unspecified atom stereocenters. The van der Waals surface area contributed by atoms with E-state index in [9.17, 15) is 0 Å². The number of nitrogens with zero attached hydrogens (tertiary/aromatic N) is 1. The van der Waals surface area contributed by atoms with Gasteiger partial charge in [0.15, 0.2) is 0 Å². The van der Waals surface area contributed by atoms with Crippen LogP contribution in [0.3, 0.4) is 0 Å². The predicted octanol–water partition coefficient (Wildman–Crippen LogP) is 17.1. The summed E-state index contributed by atoms with van der Waals surface area (Å²) in [7, 11) is 0. The van der Waals surface area contributed by atoms with Gasteiger partial charge in [-0.05, 0) is 127 Å². The molecule has 1 spiro atoms. The summed E-state index contributed by atoms with van der Waals surface area (Å²) in [4.78, 5) is 2.43. The van der Waals surface area contributed by atoms with Crippen LogP contribution in [0.5, 0.6) is 0 Å². The van der Waals surface area contributed by atoms with Gasteiger partial charge in [-0.2, -0.15) is 0 Å². The van der Waals surface area contributed by atoms with Crippen molar-refractivity contribution in [3.8, 4) is 44.5 Å². The number of fused-ring (bicyclic) bond motifs is 16. The van der Waals surface area contributed by atoms with Crippen molar-refractivity contribution in [2.45, 2.75) is 5.41 Å². The monoisotopic (exact) mass is 831 g/mol. The largest absolute Gasteiger partial charge is 0.456 e. The van der Waals surface area contributed by atoms with Crippen LogP contribution in [-0.4, -0.2) is 0 Å². The van der Waals surface area contributed by atoms with E-state index in [0.717, 1.165) is 50.1 Å². The van der Waals surface area contributed by atoms with Crippen LogP contribution in [0, 0.1) is 0 Å². The molecule has 2 aliphatic rings. The highest BCUT2D eigenvalue weighted by atomic mass is 32.1. The number of hydrogen-bond donors (Lipinski definition) is 0. The van der Waals surface area contributed by atoms with Gasteiger partial charge in [0.1, 0.15) is 11.2 Å². The molecule has 0 aliphatic heterocycles. The van der Waals surface area contributed by atoms with E-state index >= 15 is 0 Å². The molecule has 0 amide bonds.